The van der Waals surface area contributed by atoms with Crippen molar-refractivity contribution in [3.05, 3.63) is 39.9 Å². The largest absolute Gasteiger partial charge is 0.359 e. The van der Waals surface area contributed by atoms with E-state index in [1.54, 1.807) is 19.1 Å². The molecule has 1 aliphatic rings. The first-order valence-corrected chi connectivity index (χ1v) is 7.82. The average Bonchev–Trinajstić information content (AvgIpc) is 2.53. The molecule has 118 valence electrons. The molecule has 6 nitrogen and oxygen atoms in total. The van der Waals surface area contributed by atoms with Crippen molar-refractivity contribution in [3.63, 3.8) is 0 Å². The Kier molecular flexibility index (Phi) is 5.83. The summed E-state index contributed by atoms with van der Waals surface area (Å²) in [6, 6.07) is 6.80. The van der Waals surface area contributed by atoms with Crippen molar-refractivity contribution in [1.82, 2.24) is 10.7 Å². The summed E-state index contributed by atoms with van der Waals surface area (Å²) in [6.45, 7) is 1.79. The highest BCUT2D eigenvalue weighted by Gasteiger charge is 2.13. The zero-order chi connectivity index (χ0) is 15.9. The van der Waals surface area contributed by atoms with Crippen LogP contribution in [0.3, 0.4) is 0 Å². The smallest absolute Gasteiger partial charge is 0.270 e. The molecule has 0 heterocycles. The number of non-ortho nitro benzene ring substituents is 1. The van der Waals surface area contributed by atoms with E-state index >= 15 is 0 Å². The van der Waals surface area contributed by atoms with Crippen LogP contribution in [0.5, 0.6) is 0 Å². The highest BCUT2D eigenvalue weighted by atomic mass is 32.1. The molecule has 22 heavy (non-hydrogen) atoms. The van der Waals surface area contributed by atoms with Gasteiger partial charge in [0.05, 0.1) is 10.6 Å². The summed E-state index contributed by atoms with van der Waals surface area (Å²) in [6.07, 6.45) is 6.03. The fourth-order valence-corrected chi connectivity index (χ4v) is 2.72. The highest BCUT2D eigenvalue weighted by molar-refractivity contribution is 7.80. The predicted molar refractivity (Wildman–Crippen MR) is 91.0 cm³/mol. The van der Waals surface area contributed by atoms with Crippen molar-refractivity contribution in [2.75, 3.05) is 0 Å². The van der Waals surface area contributed by atoms with Crippen molar-refractivity contribution >= 4 is 28.7 Å². The first-order valence-electron chi connectivity index (χ1n) is 7.42. The molecule has 1 saturated carbocycles. The Bertz CT molecular complexity index is 583. The predicted octanol–water partition coefficient (Wildman–Crippen LogP) is 3.12. The van der Waals surface area contributed by atoms with Crippen LogP contribution >= 0.6 is 12.2 Å². The van der Waals surface area contributed by atoms with Gasteiger partial charge in [0.1, 0.15) is 0 Å². The van der Waals surface area contributed by atoms with Gasteiger partial charge in [-0.25, -0.2) is 0 Å². The van der Waals surface area contributed by atoms with Crippen LogP contribution in [-0.4, -0.2) is 21.8 Å². The lowest BCUT2D eigenvalue weighted by Crippen LogP contribution is -2.41. The van der Waals surface area contributed by atoms with E-state index in [-0.39, 0.29) is 5.69 Å². The van der Waals surface area contributed by atoms with Gasteiger partial charge in [0.15, 0.2) is 5.11 Å². The molecule has 1 aromatic rings. The van der Waals surface area contributed by atoms with Crippen LogP contribution < -0.4 is 10.7 Å². The third kappa shape index (κ3) is 4.77. The summed E-state index contributed by atoms with van der Waals surface area (Å²) in [7, 11) is 0. The van der Waals surface area contributed by atoms with Crippen LogP contribution in [0.1, 0.15) is 44.6 Å². The van der Waals surface area contributed by atoms with E-state index in [1.807, 2.05) is 0 Å². The summed E-state index contributed by atoms with van der Waals surface area (Å²) in [4.78, 5) is 10.4. The van der Waals surface area contributed by atoms with Gasteiger partial charge in [0.25, 0.3) is 5.69 Å². The maximum Gasteiger partial charge on any atom is 0.270 e. The zero-order valence-electron chi connectivity index (χ0n) is 12.5. The third-order valence-electron chi connectivity index (χ3n) is 3.74. The minimum Gasteiger partial charge on any atom is -0.359 e. The number of rotatable bonds is 4. The van der Waals surface area contributed by atoms with Crippen LogP contribution in [0, 0.1) is 10.1 Å². The van der Waals surface area contributed by atoms with Crippen molar-refractivity contribution in [1.29, 1.82) is 0 Å². The van der Waals surface area contributed by atoms with Gasteiger partial charge < -0.3 is 5.32 Å². The standard InChI is InChI=1S/C15H20N4O2S/c1-11(12-6-5-9-14(10-12)19(20)21)17-18-15(22)16-13-7-3-2-4-8-13/h5-6,9-10,13H,2-4,7-8H2,1H3,(H2,16,18,22). The van der Waals surface area contributed by atoms with E-state index in [0.717, 1.165) is 12.8 Å². The molecule has 2 rings (SSSR count). The number of nitrogens with zero attached hydrogens (tertiary/aromatic N) is 2. The van der Waals surface area contributed by atoms with Gasteiger partial charge in [-0.2, -0.15) is 5.10 Å². The number of nitrogens with one attached hydrogen (secondary N) is 2. The van der Waals surface area contributed by atoms with E-state index in [9.17, 15) is 10.1 Å². The molecule has 0 bridgehead atoms. The van der Waals surface area contributed by atoms with Crippen molar-refractivity contribution in [3.8, 4) is 0 Å². The van der Waals surface area contributed by atoms with Crippen molar-refractivity contribution in [2.24, 2.45) is 5.10 Å². The number of nitro benzene ring substituents is 1. The lowest BCUT2D eigenvalue weighted by molar-refractivity contribution is -0.384. The average molecular weight is 320 g/mol. The minimum atomic E-state index is -0.417. The molecule has 2 N–H and O–H groups in total. The van der Waals surface area contributed by atoms with E-state index < -0.39 is 4.92 Å². The summed E-state index contributed by atoms with van der Waals surface area (Å²) >= 11 is 5.23. The molecular formula is C15H20N4O2S. The molecule has 0 spiro atoms. The van der Waals surface area contributed by atoms with E-state index in [0.29, 0.717) is 22.4 Å². The van der Waals surface area contributed by atoms with Crippen LogP contribution in [-0.2, 0) is 0 Å². The molecule has 0 radical (unpaired) electrons. The summed E-state index contributed by atoms with van der Waals surface area (Å²) in [5.41, 5.74) is 4.21. The van der Waals surface area contributed by atoms with E-state index in [4.69, 9.17) is 12.2 Å². The Morgan fingerprint density at radius 3 is 2.77 bits per heavy atom. The van der Waals surface area contributed by atoms with Gasteiger partial charge in [0.2, 0.25) is 0 Å². The van der Waals surface area contributed by atoms with Crippen LogP contribution in [0.15, 0.2) is 29.4 Å². The Morgan fingerprint density at radius 1 is 1.36 bits per heavy atom. The molecular weight excluding hydrogens is 300 g/mol. The number of thiocarbonyl (C=S) groups is 1. The molecule has 1 fully saturated rings. The first kappa shape index (κ1) is 16.4. The maximum atomic E-state index is 10.8. The second-order valence-electron chi connectivity index (χ2n) is 5.42. The van der Waals surface area contributed by atoms with Gasteiger partial charge in [-0.1, -0.05) is 31.4 Å². The first-order chi connectivity index (χ1) is 10.6. The Morgan fingerprint density at radius 2 is 2.09 bits per heavy atom. The van der Waals surface area contributed by atoms with E-state index in [1.165, 1.54) is 31.4 Å². The molecule has 7 heteroatoms. The highest BCUT2D eigenvalue weighted by Crippen LogP contribution is 2.17. The fourth-order valence-electron chi connectivity index (χ4n) is 2.51. The van der Waals surface area contributed by atoms with Crippen LogP contribution in [0.25, 0.3) is 0 Å². The molecule has 0 aromatic heterocycles. The minimum absolute atomic E-state index is 0.0509. The van der Waals surface area contributed by atoms with Gasteiger partial charge in [-0.05, 0) is 32.0 Å². The lowest BCUT2D eigenvalue weighted by Gasteiger charge is -2.23. The Hall–Kier alpha value is -2.02. The molecule has 1 aromatic carbocycles. The van der Waals surface area contributed by atoms with E-state index in [2.05, 4.69) is 15.8 Å². The topological polar surface area (TPSA) is 79.6 Å². The summed E-state index contributed by atoms with van der Waals surface area (Å²) in [5.74, 6) is 0. The molecule has 0 unspecified atom stereocenters. The number of hydrazone groups is 1. The number of nitro groups is 1. The molecule has 0 aliphatic heterocycles. The second kappa shape index (κ2) is 7.84. The lowest BCUT2D eigenvalue weighted by atomic mass is 9.96. The van der Waals surface area contributed by atoms with Gasteiger partial charge >= 0.3 is 0 Å². The Labute approximate surface area is 135 Å². The number of hydrogen-bond donors (Lipinski definition) is 2. The van der Waals surface area contributed by atoms with Crippen molar-refractivity contribution < 1.29 is 4.92 Å². The monoisotopic (exact) mass is 320 g/mol. The van der Waals surface area contributed by atoms with Crippen molar-refractivity contribution in [2.45, 2.75) is 45.1 Å². The molecule has 0 saturated heterocycles. The maximum absolute atomic E-state index is 10.8. The fraction of sp³-hybridized carbons (Fsp3) is 0.467. The third-order valence-corrected chi connectivity index (χ3v) is 3.95. The second-order valence-corrected chi connectivity index (χ2v) is 5.83. The molecule has 1 aliphatic carbocycles. The zero-order valence-corrected chi connectivity index (χ0v) is 13.4. The summed E-state index contributed by atoms with van der Waals surface area (Å²) in [5, 5.41) is 18.7. The van der Waals surface area contributed by atoms with Gasteiger partial charge in [-0.3, -0.25) is 15.5 Å². The normalized spacial score (nSPS) is 16.1. The van der Waals surface area contributed by atoms with Crippen LogP contribution in [0.2, 0.25) is 0 Å². The summed E-state index contributed by atoms with van der Waals surface area (Å²) < 4.78 is 0. The van der Waals surface area contributed by atoms with Crippen LogP contribution in [0.4, 0.5) is 5.69 Å². The molecule has 0 atom stereocenters. The SMILES string of the molecule is CC(=NNC(=S)NC1CCCCC1)c1cccc([N+](=O)[O-])c1. The number of hydrogen-bond acceptors (Lipinski definition) is 4. The molecule has 0 amide bonds. The Balaban J connectivity index is 1.92. The van der Waals surface area contributed by atoms with Gasteiger partial charge in [0, 0.05) is 23.7 Å². The van der Waals surface area contributed by atoms with Gasteiger partial charge in [-0.15, -0.1) is 0 Å². The quantitative estimate of drug-likeness (QED) is 0.386. The number of benzene rings is 1.